The van der Waals surface area contributed by atoms with Crippen LogP contribution in [0.25, 0.3) is 0 Å². The molecular weight excluding hydrogens is 359 g/mol. The zero-order valence-corrected chi connectivity index (χ0v) is 15.8. The van der Waals surface area contributed by atoms with Gasteiger partial charge in [-0.3, -0.25) is 0 Å². The summed E-state index contributed by atoms with van der Waals surface area (Å²) in [6.45, 7) is 9.54. The van der Waals surface area contributed by atoms with Crippen molar-refractivity contribution in [3.8, 4) is 0 Å². The van der Waals surface area contributed by atoms with Gasteiger partial charge in [-0.2, -0.15) is 0 Å². The quantitative estimate of drug-likeness (QED) is 0.610. The average molecular weight is 377 g/mol. The van der Waals surface area contributed by atoms with Crippen LogP contribution in [-0.4, -0.2) is 58.6 Å². The summed E-state index contributed by atoms with van der Waals surface area (Å²) < 4.78 is 0. The van der Waals surface area contributed by atoms with Crippen molar-refractivity contribution < 1.29 is 0 Å². The Hall–Kier alpha value is 2.02. The molecule has 11 heavy (non-hydrogen) atoms. The van der Waals surface area contributed by atoms with Gasteiger partial charge in [0.25, 0.3) is 0 Å². The van der Waals surface area contributed by atoms with E-state index in [0.717, 1.165) is 0 Å². The van der Waals surface area contributed by atoms with E-state index in [9.17, 15) is 0 Å². The van der Waals surface area contributed by atoms with Gasteiger partial charge in [0.15, 0.2) is 0 Å². The molecule has 4 radical (unpaired) electrons. The molecule has 0 spiro atoms. The standard InChI is InChI=1S/C4H12Se2Si2.C2H6Ge/c1-7(2,5)8(3,4)6;1-3-2/h1-4H3;1-2H3. The van der Waals surface area contributed by atoms with E-state index in [2.05, 4.69) is 68.4 Å². The Morgan fingerprint density at radius 2 is 0.909 bits per heavy atom. The van der Waals surface area contributed by atoms with Crippen LogP contribution in [-0.2, 0) is 0 Å². The maximum atomic E-state index is 3.33. The second kappa shape index (κ2) is 6.47. The van der Waals surface area contributed by atoms with Crippen LogP contribution >= 0.6 is 0 Å². The molecule has 0 amide bonds. The van der Waals surface area contributed by atoms with E-state index in [4.69, 9.17) is 0 Å². The SMILES string of the molecule is C[Si](C)([Se])[Si](C)(C)[Se].[CH3][Ge][CH3]. The number of rotatable bonds is 1. The van der Waals surface area contributed by atoms with Crippen molar-refractivity contribution in [3.05, 3.63) is 0 Å². The molecule has 0 rings (SSSR count). The minimum absolute atomic E-state index is 0.500. The Balaban J connectivity index is 0. The van der Waals surface area contributed by atoms with Crippen LogP contribution in [0.4, 0.5) is 0 Å². The van der Waals surface area contributed by atoms with Crippen molar-refractivity contribution in [2.24, 2.45) is 0 Å². The molecule has 0 aromatic rings. The number of hydrogen-bond donors (Lipinski definition) is 0. The molecule has 0 aliphatic rings. The van der Waals surface area contributed by atoms with E-state index in [1.165, 1.54) is 0 Å². The van der Waals surface area contributed by atoms with Crippen molar-refractivity contribution >= 4 is 58.6 Å². The molecule has 0 heterocycles. The summed E-state index contributed by atoms with van der Waals surface area (Å²) in [6.07, 6.45) is -1.80. The summed E-state index contributed by atoms with van der Waals surface area (Å²) in [5.74, 6) is 4.50. The molecule has 0 unspecified atom stereocenters. The summed E-state index contributed by atoms with van der Waals surface area (Å²) in [6, 6.07) is 0. The van der Waals surface area contributed by atoms with Crippen LogP contribution in [0.1, 0.15) is 0 Å². The first-order valence-corrected chi connectivity index (χ1v) is 19.8. The molecule has 5 heteroatoms. The van der Waals surface area contributed by atoms with Crippen LogP contribution in [0.2, 0.25) is 37.7 Å². The van der Waals surface area contributed by atoms with Crippen LogP contribution in [0.15, 0.2) is 0 Å². The normalized spacial score (nSPS) is 12.0. The van der Waals surface area contributed by atoms with Crippen molar-refractivity contribution in [1.82, 2.24) is 0 Å². The van der Waals surface area contributed by atoms with Crippen LogP contribution in [0.3, 0.4) is 0 Å². The predicted octanol–water partition coefficient (Wildman–Crippen LogP) is 1.60. The second-order valence-corrected chi connectivity index (χ2v) is 36.9. The van der Waals surface area contributed by atoms with E-state index in [1.807, 2.05) is 0 Å². The van der Waals surface area contributed by atoms with E-state index >= 15 is 0 Å². The first-order chi connectivity index (χ1) is 4.66. The third-order valence-electron chi connectivity index (χ3n) is 1.45. The minimum atomic E-state index is -0.900. The Bertz CT molecular complexity index is 83.7. The molecule has 0 saturated carbocycles. The fraction of sp³-hybridized carbons (Fsp3) is 1.00. The molecule has 0 fully saturated rings. The Labute approximate surface area is 95.5 Å². The molecule has 0 aliphatic carbocycles. The molecule has 0 bridgehead atoms. The Morgan fingerprint density at radius 3 is 0.909 bits per heavy atom. The topological polar surface area (TPSA) is 0 Å². The summed E-state index contributed by atoms with van der Waals surface area (Å²) in [7, 11) is 0. The molecule has 0 aliphatic heterocycles. The zero-order chi connectivity index (χ0) is 9.71. The Morgan fingerprint density at radius 1 is 0.818 bits per heavy atom. The van der Waals surface area contributed by atoms with Crippen molar-refractivity contribution in [3.63, 3.8) is 0 Å². The average Bonchev–Trinajstić information content (AvgIpc) is 1.60. The first kappa shape index (κ1) is 15.5. The second-order valence-electron chi connectivity index (χ2n) is 3.52. The van der Waals surface area contributed by atoms with Gasteiger partial charge in [0.1, 0.15) is 0 Å². The van der Waals surface area contributed by atoms with Crippen LogP contribution in [0.5, 0.6) is 0 Å². The Kier molecular flexibility index (Phi) is 9.10. The van der Waals surface area contributed by atoms with Gasteiger partial charge in [-0.25, -0.2) is 0 Å². The molecule has 0 nitrogen and oxygen atoms in total. The summed E-state index contributed by atoms with van der Waals surface area (Å²) in [5, 5.41) is 0. The molecule has 0 saturated heterocycles. The third kappa shape index (κ3) is 9.93. The van der Waals surface area contributed by atoms with Crippen molar-refractivity contribution in [2.75, 3.05) is 0 Å². The molecule has 66 valence electrons. The van der Waals surface area contributed by atoms with Gasteiger partial charge in [-0.05, 0) is 0 Å². The van der Waals surface area contributed by atoms with Gasteiger partial charge < -0.3 is 0 Å². The third-order valence-corrected chi connectivity index (χ3v) is 38.2. The van der Waals surface area contributed by atoms with Gasteiger partial charge in [-0.15, -0.1) is 0 Å². The molecule has 0 aromatic carbocycles. The van der Waals surface area contributed by atoms with E-state index in [1.54, 1.807) is 0 Å². The fourth-order valence-corrected chi connectivity index (χ4v) is 0. The van der Waals surface area contributed by atoms with Gasteiger partial charge in [0.2, 0.25) is 0 Å². The van der Waals surface area contributed by atoms with Crippen molar-refractivity contribution in [1.29, 1.82) is 0 Å². The van der Waals surface area contributed by atoms with Gasteiger partial charge in [-0.1, -0.05) is 0 Å². The van der Waals surface area contributed by atoms with Gasteiger partial charge >= 0.3 is 96.3 Å². The zero-order valence-electron chi connectivity index (χ0n) is 8.32. The van der Waals surface area contributed by atoms with Crippen LogP contribution in [0, 0.1) is 0 Å². The van der Waals surface area contributed by atoms with E-state index < -0.39 is 12.4 Å². The molecule has 0 aromatic heterocycles. The molecule has 0 atom stereocenters. The fourth-order valence-electron chi connectivity index (χ4n) is 0. The summed E-state index contributed by atoms with van der Waals surface area (Å²) in [5.41, 5.74) is 0. The number of hydrogen-bond acceptors (Lipinski definition) is 0. The maximum absolute atomic E-state index is 3.33. The van der Waals surface area contributed by atoms with Gasteiger partial charge in [0.05, 0.1) is 0 Å². The van der Waals surface area contributed by atoms with Crippen LogP contribution < -0.4 is 0 Å². The van der Waals surface area contributed by atoms with E-state index in [-0.39, 0.29) is 0 Å². The monoisotopic (exact) mass is 380 g/mol. The molecular formula is C6H18GeSe2Si2. The van der Waals surface area contributed by atoms with E-state index in [0.29, 0.717) is 15.4 Å². The van der Waals surface area contributed by atoms with Gasteiger partial charge in [0, 0.05) is 0 Å². The summed E-state index contributed by atoms with van der Waals surface area (Å²) >= 11 is 7.15. The van der Waals surface area contributed by atoms with Crippen molar-refractivity contribution in [2.45, 2.75) is 37.7 Å². The first-order valence-electron chi connectivity index (χ1n) is 3.66. The molecule has 0 N–H and O–H groups in total. The predicted molar refractivity (Wildman–Crippen MR) is 64.0 cm³/mol. The summed E-state index contributed by atoms with van der Waals surface area (Å²) in [4.78, 5) is 0.